The van der Waals surface area contributed by atoms with Crippen molar-refractivity contribution in [1.82, 2.24) is 30.2 Å². The molecule has 28 heteroatoms. The number of nitrogens with one attached hydrogen (secondary N) is 2. The molecule has 1 aliphatic rings. The number of fused-ring (bicyclic) bond motifs is 1. The highest BCUT2D eigenvalue weighted by molar-refractivity contribution is 8.13. The molecule has 2 aromatic heterocycles. The second-order valence-electron chi connectivity index (χ2n) is 19.4. The van der Waals surface area contributed by atoms with E-state index in [-0.39, 0.29) is 41.6 Å². The Labute approximate surface area is 433 Å². The quantitative estimate of drug-likeness (QED) is 0.0237. The largest absolute Gasteiger partial charge is 0.481 e. The SMILES string of the molecule is CCCCCCCCCCCC(C)CCCCCCCCCCC(=O)SCCNC(=O)CCNC(=O)C(O)C(C)(C)COP(=O)(O)OP(=O)(O)OCC1OC(n2cnc3c(N)ncnc32)C(O)C1OP(=O)(O)O. The molecule has 8 atom stereocenters. The summed E-state index contributed by atoms with van der Waals surface area (Å²) in [6.45, 7) is 5.25. The number of phosphoric ester groups is 3. The maximum atomic E-state index is 12.8. The smallest absolute Gasteiger partial charge is 0.386 e. The zero-order valence-corrected chi connectivity index (χ0v) is 46.3. The maximum Gasteiger partial charge on any atom is 0.481 e. The van der Waals surface area contributed by atoms with Gasteiger partial charge in [0.15, 0.2) is 22.8 Å². The number of anilines is 1. The lowest BCUT2D eigenvalue weighted by molar-refractivity contribution is -0.137. The number of nitrogen functional groups attached to an aromatic ring is 1. The third kappa shape index (κ3) is 25.5. The monoisotopic (exact) mass is 1120 g/mol. The van der Waals surface area contributed by atoms with Crippen LogP contribution in [0.5, 0.6) is 0 Å². The Hall–Kier alpha value is -2.44. The first-order chi connectivity index (χ1) is 34.4. The van der Waals surface area contributed by atoms with Gasteiger partial charge in [-0.15, -0.1) is 0 Å². The van der Waals surface area contributed by atoms with E-state index in [1.165, 1.54) is 117 Å². The Morgan fingerprint density at radius 1 is 0.822 bits per heavy atom. The van der Waals surface area contributed by atoms with E-state index in [0.29, 0.717) is 12.2 Å². The van der Waals surface area contributed by atoms with E-state index in [9.17, 15) is 57.9 Å². The van der Waals surface area contributed by atoms with E-state index in [4.69, 9.17) is 19.5 Å². The molecule has 1 saturated heterocycles. The van der Waals surface area contributed by atoms with Gasteiger partial charge in [-0.3, -0.25) is 32.5 Å². The molecule has 24 nitrogen and oxygen atoms in total. The number of ether oxygens (including phenoxy) is 1. The van der Waals surface area contributed by atoms with Crippen LogP contribution in [0.2, 0.25) is 0 Å². The number of aliphatic hydroxyl groups excluding tert-OH is 2. The van der Waals surface area contributed by atoms with Crippen LogP contribution in [0.15, 0.2) is 12.7 Å². The van der Waals surface area contributed by atoms with Gasteiger partial charge in [0.25, 0.3) is 0 Å². The highest BCUT2D eigenvalue weighted by Crippen LogP contribution is 2.61. The summed E-state index contributed by atoms with van der Waals surface area (Å²) in [5.74, 6) is -0.192. The van der Waals surface area contributed by atoms with E-state index >= 15 is 0 Å². The summed E-state index contributed by atoms with van der Waals surface area (Å²) >= 11 is 1.16. The Morgan fingerprint density at radius 2 is 1.40 bits per heavy atom. The van der Waals surface area contributed by atoms with Crippen molar-refractivity contribution < 1.29 is 80.5 Å². The second-order valence-corrected chi connectivity index (χ2v) is 24.8. The lowest BCUT2D eigenvalue weighted by Gasteiger charge is -2.30. The van der Waals surface area contributed by atoms with Gasteiger partial charge >= 0.3 is 23.5 Å². The van der Waals surface area contributed by atoms with E-state index in [1.54, 1.807) is 0 Å². The number of aromatic nitrogens is 4. The topological polar surface area (TPSA) is 364 Å². The highest BCUT2D eigenvalue weighted by atomic mass is 32.2. The van der Waals surface area contributed by atoms with Gasteiger partial charge in [-0.2, -0.15) is 4.31 Å². The number of aliphatic hydroxyl groups is 2. The molecule has 8 unspecified atom stereocenters. The molecule has 0 radical (unpaired) electrons. The second kappa shape index (κ2) is 33.0. The summed E-state index contributed by atoms with van der Waals surface area (Å²) in [7, 11) is -16.4. The number of phosphoric acid groups is 3. The van der Waals surface area contributed by atoms with Crippen molar-refractivity contribution in [1.29, 1.82) is 0 Å². The summed E-state index contributed by atoms with van der Waals surface area (Å²) in [5, 5.41) is 26.7. The Morgan fingerprint density at radius 3 is 2.00 bits per heavy atom. The number of nitrogens with zero attached hydrogens (tertiary/aromatic N) is 4. The molecule has 0 aliphatic carbocycles. The molecule has 3 rings (SSSR count). The Kier molecular flexibility index (Phi) is 29.3. The molecular weight excluding hydrogens is 1040 g/mol. The van der Waals surface area contributed by atoms with Crippen molar-refractivity contribution in [2.24, 2.45) is 11.3 Å². The van der Waals surface area contributed by atoms with Crippen LogP contribution in [0, 0.1) is 11.3 Å². The van der Waals surface area contributed by atoms with Crippen LogP contribution < -0.4 is 16.4 Å². The van der Waals surface area contributed by atoms with E-state index in [1.807, 2.05) is 0 Å². The van der Waals surface area contributed by atoms with Gasteiger partial charge in [0, 0.05) is 37.1 Å². The number of thioether (sulfide) groups is 1. The van der Waals surface area contributed by atoms with Gasteiger partial charge in [-0.1, -0.05) is 155 Å². The number of hydrogen-bond acceptors (Lipinski definition) is 18. The minimum atomic E-state index is -5.58. The zero-order valence-electron chi connectivity index (χ0n) is 42.8. The van der Waals surface area contributed by atoms with Crippen LogP contribution in [0.1, 0.15) is 169 Å². The maximum absolute atomic E-state index is 12.8. The Balaban J connectivity index is 1.24. The van der Waals surface area contributed by atoms with Crippen LogP contribution in [0.25, 0.3) is 11.2 Å². The third-order valence-corrected chi connectivity index (χ3v) is 16.4. The highest BCUT2D eigenvalue weighted by Gasteiger charge is 2.50. The minimum absolute atomic E-state index is 0.0344. The number of hydrogen-bond donors (Lipinski definition) is 9. The Bertz CT molecular complexity index is 2120. The van der Waals surface area contributed by atoms with Crippen LogP contribution >= 0.6 is 35.2 Å². The molecule has 2 aromatic rings. The molecule has 73 heavy (non-hydrogen) atoms. The molecule has 0 spiro atoms. The van der Waals surface area contributed by atoms with E-state index in [2.05, 4.69) is 48.3 Å². The van der Waals surface area contributed by atoms with Crippen LogP contribution in [-0.2, 0) is 50.7 Å². The molecule has 1 fully saturated rings. The van der Waals surface area contributed by atoms with Crippen LogP contribution in [0.3, 0.4) is 0 Å². The van der Waals surface area contributed by atoms with Gasteiger partial charge in [-0.25, -0.2) is 28.6 Å². The van der Waals surface area contributed by atoms with E-state index < -0.39 is 84.6 Å². The summed E-state index contributed by atoms with van der Waals surface area (Å²) in [4.78, 5) is 88.6. The number of rotatable bonds is 40. The van der Waals surface area contributed by atoms with Crippen molar-refractivity contribution in [3.05, 3.63) is 12.7 Å². The molecule has 0 bridgehead atoms. The molecule has 1 aliphatic heterocycles. The molecular formula is C45H82N7O17P3S. The van der Waals surface area contributed by atoms with E-state index in [0.717, 1.165) is 54.2 Å². The average molecular weight is 1120 g/mol. The fourth-order valence-electron chi connectivity index (χ4n) is 8.14. The number of carbonyl (C=O) groups excluding carboxylic acids is 3. The summed E-state index contributed by atoms with van der Waals surface area (Å²) in [6, 6.07) is 0. The number of unbranched alkanes of at least 4 members (excludes halogenated alkanes) is 15. The fourth-order valence-corrected chi connectivity index (χ4v) is 11.7. The number of imidazole rings is 1. The molecule has 0 aromatic carbocycles. The molecule has 3 heterocycles. The first-order valence-electron chi connectivity index (χ1n) is 25.5. The average Bonchev–Trinajstić information content (AvgIpc) is 3.88. The zero-order chi connectivity index (χ0) is 54.1. The normalized spacial score (nSPS) is 19.9. The number of nitrogens with two attached hydrogens (primary N) is 1. The summed E-state index contributed by atoms with van der Waals surface area (Å²) in [6.07, 6.45) is 18.0. The predicted molar refractivity (Wildman–Crippen MR) is 274 cm³/mol. The molecule has 10 N–H and O–H groups in total. The lowest BCUT2D eigenvalue weighted by Crippen LogP contribution is -2.46. The van der Waals surface area contributed by atoms with Gasteiger partial charge in [0.2, 0.25) is 11.8 Å². The first-order valence-corrected chi connectivity index (χ1v) is 31.0. The fraction of sp³-hybridized carbons (Fsp3) is 0.822. The number of amides is 2. The van der Waals surface area contributed by atoms with Gasteiger partial charge < -0.3 is 50.9 Å². The molecule has 420 valence electrons. The van der Waals surface area contributed by atoms with Gasteiger partial charge in [-0.05, 0) is 12.3 Å². The van der Waals surface area contributed by atoms with Crippen LogP contribution in [-0.4, -0.2) is 123 Å². The predicted octanol–water partition coefficient (Wildman–Crippen LogP) is 7.12. The standard InChI is InChI=1S/C45H82N7O17P3S/c1-5-6-7-8-9-10-13-16-19-22-33(2)23-20-17-14-11-12-15-18-21-24-36(54)73-28-27-47-35(53)25-26-48-43(57)40(56)45(3,4)30-66-72(63,64)69-71(61,62)65-29-34-39(68-70(58,59)60)38(55)44(67-34)52-32-51-37-41(46)49-31-50-42(37)52/h31-34,38-40,44,55-56H,5-30H2,1-4H3,(H,47,53)(H,48,57)(H,61,62)(H,63,64)(H2,46,49,50)(H2,58,59,60). The van der Waals surface area contributed by atoms with Crippen molar-refractivity contribution >= 4 is 69.1 Å². The van der Waals surface area contributed by atoms with Crippen molar-refractivity contribution in [2.75, 3.05) is 37.8 Å². The first kappa shape index (κ1) is 64.8. The number of carbonyl (C=O) groups is 3. The lowest BCUT2D eigenvalue weighted by atomic mass is 9.87. The molecule has 2 amide bonds. The van der Waals surface area contributed by atoms with Gasteiger partial charge in [0.1, 0.15) is 36.3 Å². The van der Waals surface area contributed by atoms with Crippen molar-refractivity contribution in [3.8, 4) is 0 Å². The van der Waals surface area contributed by atoms with Crippen LogP contribution in [0.4, 0.5) is 5.82 Å². The minimum Gasteiger partial charge on any atom is -0.386 e. The molecule has 0 saturated carbocycles. The summed E-state index contributed by atoms with van der Waals surface area (Å²) < 4.78 is 62.6. The third-order valence-electron chi connectivity index (χ3n) is 12.4. The summed E-state index contributed by atoms with van der Waals surface area (Å²) in [5.41, 5.74) is 4.30. The van der Waals surface area contributed by atoms with Gasteiger partial charge in [0.05, 0.1) is 19.5 Å². The van der Waals surface area contributed by atoms with Crippen molar-refractivity contribution in [3.63, 3.8) is 0 Å². The van der Waals surface area contributed by atoms with Crippen molar-refractivity contribution in [2.45, 2.75) is 193 Å².